The Morgan fingerprint density at radius 3 is 2.43 bits per heavy atom. The van der Waals surface area contributed by atoms with Gasteiger partial charge in [-0.3, -0.25) is 4.79 Å². The van der Waals surface area contributed by atoms with Crippen molar-refractivity contribution in [2.24, 2.45) is 0 Å². The Morgan fingerprint density at radius 2 is 2.00 bits per heavy atom. The van der Waals surface area contributed by atoms with Crippen molar-refractivity contribution >= 4 is 11.8 Å². The molecule has 5 nitrogen and oxygen atoms in total. The summed E-state index contributed by atoms with van der Waals surface area (Å²) >= 11 is 0. The van der Waals surface area contributed by atoms with Gasteiger partial charge in [-0.2, -0.15) is 0 Å². The van der Waals surface area contributed by atoms with Crippen molar-refractivity contribution in [2.45, 2.75) is 77.1 Å². The van der Waals surface area contributed by atoms with Crippen molar-refractivity contribution in [2.75, 3.05) is 0 Å². The van der Waals surface area contributed by atoms with Gasteiger partial charge in [-0.1, -0.05) is 25.8 Å². The second-order valence-corrected chi connectivity index (χ2v) is 6.92. The van der Waals surface area contributed by atoms with E-state index in [-0.39, 0.29) is 11.2 Å². The van der Waals surface area contributed by atoms with Crippen molar-refractivity contribution < 1.29 is 24.2 Å². The van der Waals surface area contributed by atoms with E-state index < -0.39 is 12.1 Å². The van der Waals surface area contributed by atoms with Crippen LogP contribution in [0.2, 0.25) is 0 Å². The van der Waals surface area contributed by atoms with Crippen LogP contribution in [0.4, 0.5) is 0 Å². The first-order chi connectivity index (χ1) is 10.7. The molecule has 0 saturated carbocycles. The van der Waals surface area contributed by atoms with Crippen LogP contribution in [-0.2, 0) is 19.1 Å². The summed E-state index contributed by atoms with van der Waals surface area (Å²) in [6.07, 6.45) is 9.77. The minimum Gasteiger partial charge on any atom is -0.482 e. The number of allylic oxidation sites excluding steroid dienone is 2. The molecule has 0 aromatic rings. The van der Waals surface area contributed by atoms with Crippen molar-refractivity contribution in [3.8, 4) is 0 Å². The predicted molar refractivity (Wildman–Crippen MR) is 88.1 cm³/mol. The zero-order chi connectivity index (χ0) is 17.5. The minimum atomic E-state index is -0.962. The van der Waals surface area contributed by atoms with E-state index in [1.54, 1.807) is 12.2 Å². The van der Waals surface area contributed by atoms with Gasteiger partial charge in [-0.15, -0.1) is 0 Å². The molecule has 0 amide bonds. The van der Waals surface area contributed by atoms with Gasteiger partial charge in [0.25, 0.3) is 0 Å². The second-order valence-electron chi connectivity index (χ2n) is 6.92. The fourth-order valence-electron chi connectivity index (χ4n) is 2.91. The average molecular weight is 324 g/mol. The van der Waals surface area contributed by atoms with Crippen LogP contribution in [-0.4, -0.2) is 34.2 Å². The van der Waals surface area contributed by atoms with Gasteiger partial charge < -0.3 is 14.6 Å². The summed E-state index contributed by atoms with van der Waals surface area (Å²) in [5, 5.41) is 8.33. The summed E-state index contributed by atoms with van der Waals surface area (Å²) < 4.78 is 10.7. The summed E-state index contributed by atoms with van der Waals surface area (Å²) in [4.78, 5) is 21.7. The fraction of sp³-hybridized carbons (Fsp3) is 0.667. The molecule has 0 aromatic heterocycles. The van der Waals surface area contributed by atoms with Crippen LogP contribution in [0.15, 0.2) is 24.5 Å². The lowest BCUT2D eigenvalue weighted by Gasteiger charge is -2.42. The SMILES string of the molecule is CCCCC1(C)CC(=O)CC(C)(C)O1.O=C(O)C1C=CC=CO1. The van der Waals surface area contributed by atoms with Crippen molar-refractivity contribution in [3.63, 3.8) is 0 Å². The Morgan fingerprint density at radius 1 is 1.30 bits per heavy atom. The van der Waals surface area contributed by atoms with E-state index in [4.69, 9.17) is 9.84 Å². The standard InChI is InChI=1S/C12H22O2.C6H6O3/c1-5-6-7-12(4)9-10(13)8-11(2,3)14-12;7-6(8)5-3-1-2-4-9-5/h5-9H2,1-4H3;1-5H,(H,7,8). The van der Waals surface area contributed by atoms with Gasteiger partial charge in [0.05, 0.1) is 17.5 Å². The number of ketones is 1. The Hall–Kier alpha value is -1.62. The number of hydrogen-bond donors (Lipinski definition) is 1. The van der Waals surface area contributed by atoms with Crippen LogP contribution < -0.4 is 0 Å². The molecule has 0 spiro atoms. The Kier molecular flexibility index (Phi) is 7.01. The third-order valence-corrected chi connectivity index (χ3v) is 3.72. The Balaban J connectivity index is 0.000000253. The van der Waals surface area contributed by atoms with Crippen molar-refractivity contribution in [3.05, 3.63) is 24.5 Å². The fourth-order valence-corrected chi connectivity index (χ4v) is 2.91. The predicted octanol–water partition coefficient (Wildman–Crippen LogP) is 3.63. The number of unbranched alkanes of at least 4 members (excludes halogenated alkanes) is 1. The quantitative estimate of drug-likeness (QED) is 0.855. The molecule has 0 aliphatic carbocycles. The summed E-state index contributed by atoms with van der Waals surface area (Å²) in [5.74, 6) is -0.615. The van der Waals surface area contributed by atoms with Crippen LogP contribution in [0.3, 0.4) is 0 Å². The third-order valence-electron chi connectivity index (χ3n) is 3.72. The molecule has 1 fully saturated rings. The first-order valence-corrected chi connectivity index (χ1v) is 8.11. The maximum Gasteiger partial charge on any atom is 0.349 e. The van der Waals surface area contributed by atoms with Crippen LogP contribution in [0.25, 0.3) is 0 Å². The summed E-state index contributed by atoms with van der Waals surface area (Å²) in [6.45, 7) is 8.25. The number of carbonyl (C=O) groups is 2. The lowest BCUT2D eigenvalue weighted by molar-refractivity contribution is -0.177. The van der Waals surface area contributed by atoms with Gasteiger partial charge in [0.2, 0.25) is 6.10 Å². The molecule has 1 saturated heterocycles. The van der Waals surface area contributed by atoms with E-state index in [1.807, 2.05) is 13.8 Å². The Labute approximate surface area is 138 Å². The minimum absolute atomic E-state index is 0.213. The van der Waals surface area contributed by atoms with E-state index in [1.165, 1.54) is 12.3 Å². The summed E-state index contributed by atoms with van der Waals surface area (Å²) in [6, 6.07) is 0. The number of carbonyl (C=O) groups excluding carboxylic acids is 1. The Bertz CT molecular complexity index is 478. The molecule has 2 heterocycles. The van der Waals surface area contributed by atoms with Crippen LogP contribution in [0.5, 0.6) is 0 Å². The first-order valence-electron chi connectivity index (χ1n) is 8.11. The van der Waals surface area contributed by atoms with Crippen LogP contribution >= 0.6 is 0 Å². The summed E-state index contributed by atoms with van der Waals surface area (Å²) in [7, 11) is 0. The number of rotatable bonds is 4. The van der Waals surface area contributed by atoms with E-state index in [0.29, 0.717) is 18.6 Å². The highest BCUT2D eigenvalue weighted by Gasteiger charge is 2.40. The molecule has 2 unspecified atom stereocenters. The smallest absolute Gasteiger partial charge is 0.349 e. The number of Topliss-reactive ketones (excluding diaryl/α,β-unsaturated/α-hetero) is 1. The highest BCUT2D eigenvalue weighted by molar-refractivity contribution is 5.81. The van der Waals surface area contributed by atoms with Crippen LogP contribution in [0, 0.1) is 0 Å². The number of carboxylic acid groups (broad SMARTS) is 1. The molecule has 0 aromatic carbocycles. The van der Waals surface area contributed by atoms with E-state index in [9.17, 15) is 9.59 Å². The molecular formula is C18H28O5. The molecule has 2 atom stereocenters. The lowest BCUT2D eigenvalue weighted by Crippen LogP contribution is -2.47. The monoisotopic (exact) mass is 324 g/mol. The molecule has 2 rings (SSSR count). The number of carboxylic acids is 1. The first kappa shape index (κ1) is 19.4. The number of aliphatic carboxylic acids is 1. The molecule has 1 N–H and O–H groups in total. The molecule has 0 bridgehead atoms. The average Bonchev–Trinajstić information content (AvgIpc) is 2.44. The van der Waals surface area contributed by atoms with Crippen molar-refractivity contribution in [1.82, 2.24) is 0 Å². The van der Waals surface area contributed by atoms with E-state index in [2.05, 4.69) is 18.6 Å². The molecule has 0 radical (unpaired) electrons. The zero-order valence-corrected chi connectivity index (χ0v) is 14.5. The molecular weight excluding hydrogens is 296 g/mol. The number of ether oxygens (including phenoxy) is 2. The highest BCUT2D eigenvalue weighted by Crippen LogP contribution is 2.36. The highest BCUT2D eigenvalue weighted by atomic mass is 16.5. The maximum absolute atomic E-state index is 11.6. The third kappa shape index (κ3) is 6.99. The van der Waals surface area contributed by atoms with Gasteiger partial charge in [-0.05, 0) is 39.3 Å². The van der Waals surface area contributed by atoms with Gasteiger partial charge in [0.15, 0.2) is 0 Å². The van der Waals surface area contributed by atoms with Gasteiger partial charge in [0, 0.05) is 12.8 Å². The van der Waals surface area contributed by atoms with E-state index >= 15 is 0 Å². The summed E-state index contributed by atoms with van der Waals surface area (Å²) in [5.41, 5.74) is -0.479. The topological polar surface area (TPSA) is 72.8 Å². The van der Waals surface area contributed by atoms with Gasteiger partial charge in [-0.25, -0.2) is 4.79 Å². The second kappa shape index (κ2) is 8.29. The van der Waals surface area contributed by atoms with Gasteiger partial charge >= 0.3 is 5.97 Å². The largest absolute Gasteiger partial charge is 0.482 e. The van der Waals surface area contributed by atoms with E-state index in [0.717, 1.165) is 19.3 Å². The van der Waals surface area contributed by atoms with Gasteiger partial charge in [0.1, 0.15) is 5.78 Å². The molecule has 130 valence electrons. The number of hydrogen-bond acceptors (Lipinski definition) is 4. The van der Waals surface area contributed by atoms with Crippen LogP contribution in [0.1, 0.15) is 59.8 Å². The normalized spacial score (nSPS) is 28.5. The maximum atomic E-state index is 11.6. The lowest BCUT2D eigenvalue weighted by atomic mass is 9.84. The molecule has 23 heavy (non-hydrogen) atoms. The molecule has 5 heteroatoms. The molecule has 2 aliphatic heterocycles. The molecule has 2 aliphatic rings. The zero-order valence-electron chi connectivity index (χ0n) is 14.5. The van der Waals surface area contributed by atoms with Crippen molar-refractivity contribution in [1.29, 1.82) is 0 Å².